The molecule has 1 saturated carbocycles. The first-order valence-electron chi connectivity index (χ1n) is 8.39. The van der Waals surface area contributed by atoms with Gasteiger partial charge in [-0.15, -0.1) is 11.3 Å². The van der Waals surface area contributed by atoms with Gasteiger partial charge in [0.25, 0.3) is 0 Å². The van der Waals surface area contributed by atoms with Gasteiger partial charge in [-0.05, 0) is 55.0 Å². The number of hydrogen-bond acceptors (Lipinski definition) is 3. The zero-order chi connectivity index (χ0) is 15.0. The molecule has 0 bridgehead atoms. The molecule has 0 saturated heterocycles. The number of rotatable bonds is 3. The average Bonchev–Trinajstić information content (AvgIpc) is 2.93. The second-order valence-electron chi connectivity index (χ2n) is 7.16. The fourth-order valence-electron chi connectivity index (χ4n) is 4.02. The zero-order valence-electron chi connectivity index (χ0n) is 13.5. The number of Topliss-reactive ketones (excluding diaryl/α,β-unsaturated/α-hetero) is 1. The van der Waals surface area contributed by atoms with Crippen LogP contribution in [-0.4, -0.2) is 23.8 Å². The summed E-state index contributed by atoms with van der Waals surface area (Å²) < 4.78 is 0. The van der Waals surface area contributed by atoms with Crippen molar-refractivity contribution in [3.63, 3.8) is 0 Å². The van der Waals surface area contributed by atoms with Crippen LogP contribution < -0.4 is 0 Å². The molecule has 0 aromatic carbocycles. The van der Waals surface area contributed by atoms with E-state index in [1.165, 1.54) is 5.56 Å². The quantitative estimate of drug-likeness (QED) is 0.829. The highest BCUT2D eigenvalue weighted by molar-refractivity contribution is 7.10. The molecule has 0 N–H and O–H groups in total. The van der Waals surface area contributed by atoms with Crippen LogP contribution in [0.4, 0.5) is 0 Å². The van der Waals surface area contributed by atoms with Crippen molar-refractivity contribution in [3.8, 4) is 0 Å². The van der Waals surface area contributed by atoms with Crippen molar-refractivity contribution in [1.29, 1.82) is 0 Å². The van der Waals surface area contributed by atoms with Gasteiger partial charge in [0.2, 0.25) is 0 Å². The van der Waals surface area contributed by atoms with Crippen LogP contribution >= 0.6 is 11.3 Å². The maximum Gasteiger partial charge on any atom is 0.137 e. The molecule has 1 aromatic rings. The maximum absolute atomic E-state index is 12.3. The highest BCUT2D eigenvalue weighted by Crippen LogP contribution is 2.36. The fourth-order valence-corrected chi connectivity index (χ4v) is 4.99. The van der Waals surface area contributed by atoms with Gasteiger partial charge in [-0.3, -0.25) is 9.69 Å². The molecule has 0 amide bonds. The number of carbonyl (C=O) groups excluding carboxylic acids is 1. The largest absolute Gasteiger partial charge is 0.299 e. The number of thiophene rings is 1. The Balaban J connectivity index is 1.67. The molecule has 116 valence electrons. The van der Waals surface area contributed by atoms with Gasteiger partial charge >= 0.3 is 0 Å². The molecule has 3 heteroatoms. The van der Waals surface area contributed by atoms with Crippen LogP contribution in [0.15, 0.2) is 11.4 Å². The van der Waals surface area contributed by atoms with Crippen molar-refractivity contribution < 1.29 is 4.79 Å². The van der Waals surface area contributed by atoms with Gasteiger partial charge in [0.15, 0.2) is 0 Å². The minimum atomic E-state index is 0.272. The molecule has 2 nitrogen and oxygen atoms in total. The molecule has 3 unspecified atom stereocenters. The smallest absolute Gasteiger partial charge is 0.137 e. The molecule has 0 spiro atoms. The van der Waals surface area contributed by atoms with Crippen molar-refractivity contribution >= 4 is 17.1 Å². The third kappa shape index (κ3) is 3.09. The van der Waals surface area contributed by atoms with Crippen LogP contribution in [0.5, 0.6) is 0 Å². The average molecular weight is 305 g/mol. The lowest BCUT2D eigenvalue weighted by Crippen LogP contribution is -2.41. The standard InChI is InChI=1S/C18H27NOS/c1-12(2)14-4-5-17(20)15(10-14)11-19-8-6-18-16(13(19)3)7-9-21-18/h7,9,12-15H,4-6,8,10-11H2,1-3H3. The van der Waals surface area contributed by atoms with Gasteiger partial charge in [-0.2, -0.15) is 0 Å². The molecule has 3 rings (SSSR count). The summed E-state index contributed by atoms with van der Waals surface area (Å²) in [5.74, 6) is 2.23. The number of fused-ring (bicyclic) bond motifs is 1. The molecule has 0 radical (unpaired) electrons. The van der Waals surface area contributed by atoms with Crippen LogP contribution in [0.3, 0.4) is 0 Å². The Morgan fingerprint density at radius 1 is 1.38 bits per heavy atom. The highest BCUT2D eigenvalue weighted by Gasteiger charge is 2.34. The predicted octanol–water partition coefficient (Wildman–Crippen LogP) is 4.31. The second kappa shape index (κ2) is 6.21. The van der Waals surface area contributed by atoms with E-state index < -0.39 is 0 Å². The third-order valence-corrected chi connectivity index (χ3v) is 6.60. The van der Waals surface area contributed by atoms with Crippen molar-refractivity contribution in [1.82, 2.24) is 4.90 Å². The van der Waals surface area contributed by atoms with Crippen molar-refractivity contribution in [2.75, 3.05) is 13.1 Å². The number of hydrogen-bond donors (Lipinski definition) is 0. The second-order valence-corrected chi connectivity index (χ2v) is 8.16. The number of ketones is 1. The third-order valence-electron chi connectivity index (χ3n) is 5.61. The van der Waals surface area contributed by atoms with E-state index in [0.717, 1.165) is 44.7 Å². The molecule has 1 aliphatic heterocycles. The van der Waals surface area contributed by atoms with E-state index in [0.29, 0.717) is 17.7 Å². The SMILES string of the molecule is CC(C)C1CCC(=O)C(CN2CCc3sccc3C2C)C1. The molecule has 3 atom stereocenters. The summed E-state index contributed by atoms with van der Waals surface area (Å²) in [6.07, 6.45) is 4.18. The lowest BCUT2D eigenvalue weighted by atomic mass is 9.75. The van der Waals surface area contributed by atoms with E-state index in [1.807, 2.05) is 11.3 Å². The lowest BCUT2D eigenvalue weighted by molar-refractivity contribution is -0.127. The van der Waals surface area contributed by atoms with Crippen LogP contribution in [0.1, 0.15) is 56.5 Å². The topological polar surface area (TPSA) is 20.3 Å². The van der Waals surface area contributed by atoms with E-state index in [9.17, 15) is 4.79 Å². The highest BCUT2D eigenvalue weighted by atomic mass is 32.1. The lowest BCUT2D eigenvalue weighted by Gasteiger charge is -2.38. The zero-order valence-corrected chi connectivity index (χ0v) is 14.3. The van der Waals surface area contributed by atoms with E-state index in [-0.39, 0.29) is 5.92 Å². The Kier molecular flexibility index (Phi) is 4.51. The number of carbonyl (C=O) groups is 1. The summed E-state index contributed by atoms with van der Waals surface area (Å²) in [4.78, 5) is 16.4. The molecule has 1 aromatic heterocycles. The van der Waals surface area contributed by atoms with Gasteiger partial charge in [-0.1, -0.05) is 13.8 Å². The Bertz CT molecular complexity index is 507. The van der Waals surface area contributed by atoms with Crippen molar-refractivity contribution in [2.45, 2.75) is 52.5 Å². The monoisotopic (exact) mass is 305 g/mol. The van der Waals surface area contributed by atoms with Crippen LogP contribution in [-0.2, 0) is 11.2 Å². The number of nitrogens with zero attached hydrogens (tertiary/aromatic N) is 1. The van der Waals surface area contributed by atoms with Gasteiger partial charge in [0, 0.05) is 36.3 Å². The van der Waals surface area contributed by atoms with Gasteiger partial charge in [0.1, 0.15) is 5.78 Å². The van der Waals surface area contributed by atoms with Gasteiger partial charge in [0.05, 0.1) is 0 Å². The summed E-state index contributed by atoms with van der Waals surface area (Å²) in [6.45, 7) is 9.00. The molecule has 2 heterocycles. The van der Waals surface area contributed by atoms with Crippen LogP contribution in [0, 0.1) is 17.8 Å². The van der Waals surface area contributed by atoms with Crippen LogP contribution in [0.2, 0.25) is 0 Å². The van der Waals surface area contributed by atoms with Crippen LogP contribution in [0.25, 0.3) is 0 Å². The maximum atomic E-state index is 12.3. The summed E-state index contributed by atoms with van der Waals surface area (Å²) >= 11 is 1.89. The minimum Gasteiger partial charge on any atom is -0.299 e. The summed E-state index contributed by atoms with van der Waals surface area (Å²) in [6, 6.07) is 2.75. The molecule has 21 heavy (non-hydrogen) atoms. The van der Waals surface area contributed by atoms with E-state index in [1.54, 1.807) is 4.88 Å². The first kappa shape index (κ1) is 15.2. The predicted molar refractivity (Wildman–Crippen MR) is 88.7 cm³/mol. The Morgan fingerprint density at radius 3 is 2.95 bits per heavy atom. The van der Waals surface area contributed by atoms with Crippen molar-refractivity contribution in [3.05, 3.63) is 21.9 Å². The molecule has 1 aliphatic carbocycles. The first-order valence-corrected chi connectivity index (χ1v) is 9.27. The van der Waals surface area contributed by atoms with Gasteiger partial charge in [-0.25, -0.2) is 0 Å². The molecular formula is C18H27NOS. The summed E-state index contributed by atoms with van der Waals surface area (Å²) in [7, 11) is 0. The van der Waals surface area contributed by atoms with Gasteiger partial charge < -0.3 is 0 Å². The summed E-state index contributed by atoms with van der Waals surface area (Å²) in [5.41, 5.74) is 1.50. The Hall–Kier alpha value is -0.670. The first-order chi connectivity index (χ1) is 10.1. The summed E-state index contributed by atoms with van der Waals surface area (Å²) in [5, 5.41) is 2.21. The van der Waals surface area contributed by atoms with E-state index >= 15 is 0 Å². The molecule has 2 aliphatic rings. The Labute approximate surface area is 132 Å². The Morgan fingerprint density at radius 2 is 2.19 bits per heavy atom. The van der Waals surface area contributed by atoms with E-state index in [4.69, 9.17) is 0 Å². The minimum absolute atomic E-state index is 0.272. The fraction of sp³-hybridized carbons (Fsp3) is 0.722. The normalized spacial score (nSPS) is 30.7. The molecular weight excluding hydrogens is 278 g/mol. The van der Waals surface area contributed by atoms with Crippen molar-refractivity contribution in [2.24, 2.45) is 17.8 Å². The molecule has 1 fully saturated rings. The van der Waals surface area contributed by atoms with E-state index in [2.05, 4.69) is 37.1 Å².